The van der Waals surface area contributed by atoms with E-state index >= 15 is 0 Å². The van der Waals surface area contributed by atoms with Crippen molar-refractivity contribution in [2.75, 3.05) is 13.2 Å². The van der Waals surface area contributed by atoms with Gasteiger partial charge in [0.25, 0.3) is 0 Å². The van der Waals surface area contributed by atoms with Gasteiger partial charge in [0.2, 0.25) is 5.91 Å². The average Bonchev–Trinajstić information content (AvgIpc) is 3.66. The number of alkyl halides is 6. The van der Waals surface area contributed by atoms with E-state index in [2.05, 4.69) is 10.6 Å². The third-order valence-corrected chi connectivity index (χ3v) is 6.89. The fourth-order valence-corrected chi connectivity index (χ4v) is 4.49. The molecule has 0 spiro atoms. The second-order valence-corrected chi connectivity index (χ2v) is 9.64. The van der Waals surface area contributed by atoms with E-state index in [4.69, 9.17) is 4.74 Å². The Morgan fingerprint density at radius 2 is 1.64 bits per heavy atom. The second kappa shape index (κ2) is 10.0. The van der Waals surface area contributed by atoms with Crippen LogP contribution in [0.25, 0.3) is 0 Å². The highest BCUT2D eigenvalue weighted by molar-refractivity contribution is 5.79. The third kappa shape index (κ3) is 6.21. The molecule has 2 fully saturated rings. The minimum absolute atomic E-state index is 0.00669. The summed E-state index contributed by atoms with van der Waals surface area (Å²) in [5, 5.41) is 6.41. The zero-order valence-corrected chi connectivity index (χ0v) is 19.7. The average molecular weight is 515 g/mol. The highest BCUT2D eigenvalue weighted by Crippen LogP contribution is 2.39. The summed E-state index contributed by atoms with van der Waals surface area (Å²) < 4.78 is 85.7. The zero-order valence-electron chi connectivity index (χ0n) is 19.7. The molecule has 1 aliphatic heterocycles. The first kappa shape index (κ1) is 26.5. The van der Waals surface area contributed by atoms with Gasteiger partial charge in [-0.1, -0.05) is 30.3 Å². The van der Waals surface area contributed by atoms with Crippen molar-refractivity contribution in [2.45, 2.75) is 62.6 Å². The van der Waals surface area contributed by atoms with E-state index in [1.54, 1.807) is 0 Å². The summed E-state index contributed by atoms with van der Waals surface area (Å²) in [4.78, 5) is 12.5. The highest BCUT2D eigenvalue weighted by atomic mass is 19.4. The standard InChI is InChI=1S/C26H28F6N2O2/c1-16(18-11-20(25(27,28)29)13-21(12-18)26(30,31)32)36-15-24(19-5-3-2-4-6-19)10-9-17(14-33-24)23(35)34-22-7-8-22/h2-6,11-13,16-17,22,33H,7-10,14-15H2,1H3,(H,34,35)/t16?,17?,24-/m1/s1. The van der Waals surface area contributed by atoms with Gasteiger partial charge >= 0.3 is 12.4 Å². The van der Waals surface area contributed by atoms with Crippen molar-refractivity contribution in [1.82, 2.24) is 10.6 Å². The van der Waals surface area contributed by atoms with Gasteiger partial charge in [0.05, 0.1) is 35.3 Å². The van der Waals surface area contributed by atoms with Crippen LogP contribution in [0.4, 0.5) is 26.3 Å². The van der Waals surface area contributed by atoms with Crippen molar-refractivity contribution in [3.05, 3.63) is 70.8 Å². The molecule has 196 valence electrons. The van der Waals surface area contributed by atoms with Crippen LogP contribution in [0.3, 0.4) is 0 Å². The van der Waals surface area contributed by atoms with E-state index in [9.17, 15) is 31.1 Å². The Bertz CT molecular complexity index is 1030. The van der Waals surface area contributed by atoms with Gasteiger partial charge in [-0.2, -0.15) is 26.3 Å². The predicted molar refractivity (Wildman–Crippen MR) is 121 cm³/mol. The Labute approximate surface area is 205 Å². The van der Waals surface area contributed by atoms with Crippen molar-refractivity contribution in [3.8, 4) is 0 Å². The summed E-state index contributed by atoms with van der Waals surface area (Å²) in [6.07, 6.45) is -7.84. The van der Waals surface area contributed by atoms with Crippen LogP contribution in [0.1, 0.15) is 61.0 Å². The lowest BCUT2D eigenvalue weighted by Crippen LogP contribution is -2.54. The first-order valence-corrected chi connectivity index (χ1v) is 11.9. The normalized spacial score (nSPS) is 23.8. The summed E-state index contributed by atoms with van der Waals surface area (Å²) in [6.45, 7) is 1.82. The van der Waals surface area contributed by atoms with Gasteiger partial charge in [0, 0.05) is 12.6 Å². The Balaban J connectivity index is 1.53. The number of hydrogen-bond donors (Lipinski definition) is 2. The number of benzene rings is 2. The maximum absolute atomic E-state index is 13.3. The minimum Gasteiger partial charge on any atom is -0.372 e. The Morgan fingerprint density at radius 3 is 2.14 bits per heavy atom. The molecule has 10 heteroatoms. The second-order valence-electron chi connectivity index (χ2n) is 9.64. The number of rotatable bonds is 7. The van der Waals surface area contributed by atoms with E-state index in [0.29, 0.717) is 31.5 Å². The van der Waals surface area contributed by atoms with E-state index in [-0.39, 0.29) is 36.1 Å². The van der Waals surface area contributed by atoms with Crippen molar-refractivity contribution in [2.24, 2.45) is 5.92 Å². The van der Waals surface area contributed by atoms with Crippen molar-refractivity contribution >= 4 is 5.91 Å². The van der Waals surface area contributed by atoms with Gasteiger partial charge in [-0.05, 0) is 61.9 Å². The van der Waals surface area contributed by atoms with Gasteiger partial charge in [-0.3, -0.25) is 4.79 Å². The number of ether oxygens (including phenoxy) is 1. The van der Waals surface area contributed by atoms with Crippen LogP contribution in [-0.4, -0.2) is 25.1 Å². The molecule has 2 aromatic rings. The molecule has 2 unspecified atom stereocenters. The molecule has 1 saturated carbocycles. The van der Waals surface area contributed by atoms with Gasteiger partial charge in [0.1, 0.15) is 0 Å². The molecule has 0 radical (unpaired) electrons. The quantitative estimate of drug-likeness (QED) is 0.448. The molecule has 2 aromatic carbocycles. The van der Waals surface area contributed by atoms with Crippen molar-refractivity contribution in [1.29, 1.82) is 0 Å². The summed E-state index contributed by atoms with van der Waals surface area (Å²) in [5.41, 5.74) is -2.82. The van der Waals surface area contributed by atoms with Crippen LogP contribution < -0.4 is 10.6 Å². The van der Waals surface area contributed by atoms with Crippen LogP contribution in [-0.2, 0) is 27.4 Å². The largest absolute Gasteiger partial charge is 0.416 e. The molecule has 0 aromatic heterocycles. The molecular weight excluding hydrogens is 486 g/mol. The van der Waals surface area contributed by atoms with Crippen LogP contribution in [0.2, 0.25) is 0 Å². The monoisotopic (exact) mass is 514 g/mol. The molecule has 4 rings (SSSR count). The number of hydrogen-bond acceptors (Lipinski definition) is 3. The molecule has 0 bridgehead atoms. The molecule has 1 aliphatic carbocycles. The van der Waals surface area contributed by atoms with E-state index in [0.717, 1.165) is 18.4 Å². The third-order valence-electron chi connectivity index (χ3n) is 6.89. The molecule has 2 aliphatic rings. The van der Waals surface area contributed by atoms with Crippen molar-refractivity contribution in [3.63, 3.8) is 0 Å². The fraction of sp³-hybridized carbons (Fsp3) is 0.500. The molecule has 3 atom stereocenters. The summed E-state index contributed by atoms with van der Waals surface area (Å²) >= 11 is 0. The fourth-order valence-electron chi connectivity index (χ4n) is 4.49. The summed E-state index contributed by atoms with van der Waals surface area (Å²) in [6, 6.07) is 11.1. The molecule has 1 heterocycles. The predicted octanol–water partition coefficient (Wildman–Crippen LogP) is 5.98. The Morgan fingerprint density at radius 1 is 1.03 bits per heavy atom. The van der Waals surface area contributed by atoms with E-state index in [1.165, 1.54) is 6.92 Å². The lowest BCUT2D eigenvalue weighted by Gasteiger charge is -2.42. The first-order valence-electron chi connectivity index (χ1n) is 11.9. The molecule has 36 heavy (non-hydrogen) atoms. The zero-order chi connectivity index (χ0) is 26.1. The van der Waals surface area contributed by atoms with Gasteiger partial charge in [0.15, 0.2) is 0 Å². The number of carbonyl (C=O) groups excluding carboxylic acids is 1. The molecule has 1 amide bonds. The van der Waals surface area contributed by atoms with E-state index < -0.39 is 35.1 Å². The smallest absolute Gasteiger partial charge is 0.372 e. The maximum Gasteiger partial charge on any atom is 0.416 e. The highest BCUT2D eigenvalue weighted by Gasteiger charge is 2.41. The number of nitrogens with one attached hydrogen (secondary N) is 2. The van der Waals surface area contributed by atoms with Crippen LogP contribution >= 0.6 is 0 Å². The van der Waals surface area contributed by atoms with Crippen LogP contribution in [0.15, 0.2) is 48.5 Å². The molecule has 1 saturated heterocycles. The van der Waals surface area contributed by atoms with E-state index in [1.807, 2.05) is 30.3 Å². The number of piperidine rings is 1. The summed E-state index contributed by atoms with van der Waals surface area (Å²) in [7, 11) is 0. The lowest BCUT2D eigenvalue weighted by molar-refractivity contribution is -0.143. The first-order chi connectivity index (χ1) is 16.9. The van der Waals surface area contributed by atoms with Crippen LogP contribution in [0, 0.1) is 5.92 Å². The Kier molecular flexibility index (Phi) is 7.39. The topological polar surface area (TPSA) is 50.4 Å². The lowest BCUT2D eigenvalue weighted by atomic mass is 9.79. The van der Waals surface area contributed by atoms with Gasteiger partial charge in [-0.25, -0.2) is 0 Å². The Hall–Kier alpha value is -2.59. The molecular formula is C26H28F6N2O2. The maximum atomic E-state index is 13.3. The molecule has 4 nitrogen and oxygen atoms in total. The minimum atomic E-state index is -4.93. The van der Waals surface area contributed by atoms with Gasteiger partial charge in [-0.15, -0.1) is 0 Å². The van der Waals surface area contributed by atoms with Crippen LogP contribution in [0.5, 0.6) is 0 Å². The summed E-state index contributed by atoms with van der Waals surface area (Å²) in [5.74, 6) is -0.234. The number of amides is 1. The SMILES string of the molecule is CC(OC[C@@]1(c2ccccc2)CCC(C(=O)NC2CC2)CN1)c1cc(C(F)(F)F)cc(C(F)(F)F)c1. The molecule has 2 N–H and O–H groups in total. The van der Waals surface area contributed by atoms with Crippen molar-refractivity contribution < 1.29 is 35.9 Å². The number of carbonyl (C=O) groups is 1. The van der Waals surface area contributed by atoms with Gasteiger partial charge < -0.3 is 15.4 Å². The number of halogens is 6.